The largest absolute Gasteiger partial charge is 0.497 e. The summed E-state index contributed by atoms with van der Waals surface area (Å²) < 4.78 is 5.14. The average molecular weight is 276 g/mol. The van der Waals surface area contributed by atoms with E-state index in [2.05, 4.69) is 5.32 Å². The van der Waals surface area contributed by atoms with Gasteiger partial charge in [0, 0.05) is 20.0 Å². The zero-order valence-corrected chi connectivity index (χ0v) is 11.9. The van der Waals surface area contributed by atoms with Crippen molar-refractivity contribution in [2.45, 2.75) is 32.4 Å². The first kappa shape index (κ1) is 14.4. The molecule has 108 valence electrons. The molecule has 1 aromatic rings. The maximum absolute atomic E-state index is 12.2. The molecule has 20 heavy (non-hydrogen) atoms. The highest BCUT2D eigenvalue weighted by Crippen LogP contribution is 2.18. The molecule has 0 saturated carbocycles. The molecule has 0 aliphatic carbocycles. The minimum absolute atomic E-state index is 0.0379. The van der Waals surface area contributed by atoms with E-state index < -0.39 is 0 Å². The van der Waals surface area contributed by atoms with Gasteiger partial charge < -0.3 is 15.0 Å². The third kappa shape index (κ3) is 3.29. The standard InChI is InChI=1S/C15H20N2O3/c1-11(18)17-8-4-7-14(17)15(19)16-10-12-5-3-6-13(9-12)20-2/h3,5-6,9,14H,4,7-8,10H2,1-2H3,(H,16,19). The smallest absolute Gasteiger partial charge is 0.243 e. The molecule has 1 unspecified atom stereocenters. The summed E-state index contributed by atoms with van der Waals surface area (Å²) in [6, 6.07) is 7.24. The predicted molar refractivity (Wildman–Crippen MR) is 75.2 cm³/mol. The van der Waals surface area contributed by atoms with Crippen molar-refractivity contribution in [1.29, 1.82) is 0 Å². The summed E-state index contributed by atoms with van der Waals surface area (Å²) in [6.07, 6.45) is 1.63. The van der Waals surface area contributed by atoms with E-state index in [0.717, 1.165) is 24.2 Å². The number of methoxy groups -OCH3 is 1. The van der Waals surface area contributed by atoms with E-state index >= 15 is 0 Å². The molecule has 5 nitrogen and oxygen atoms in total. The van der Waals surface area contributed by atoms with E-state index in [1.165, 1.54) is 6.92 Å². The molecule has 1 saturated heterocycles. The van der Waals surface area contributed by atoms with Gasteiger partial charge in [-0.2, -0.15) is 0 Å². The Bertz CT molecular complexity index is 502. The summed E-state index contributed by atoms with van der Waals surface area (Å²) in [5.74, 6) is 0.646. The van der Waals surface area contributed by atoms with Crippen LogP contribution in [-0.2, 0) is 16.1 Å². The molecule has 0 aromatic heterocycles. The van der Waals surface area contributed by atoms with E-state index in [-0.39, 0.29) is 17.9 Å². The number of hydrogen-bond acceptors (Lipinski definition) is 3. The van der Waals surface area contributed by atoms with Gasteiger partial charge in [-0.3, -0.25) is 9.59 Å². The number of carbonyl (C=O) groups excluding carboxylic acids is 2. The van der Waals surface area contributed by atoms with E-state index in [1.807, 2.05) is 24.3 Å². The number of nitrogens with one attached hydrogen (secondary N) is 1. The van der Waals surface area contributed by atoms with Crippen LogP contribution < -0.4 is 10.1 Å². The van der Waals surface area contributed by atoms with Gasteiger partial charge in [-0.05, 0) is 30.5 Å². The van der Waals surface area contributed by atoms with Crippen LogP contribution in [0.5, 0.6) is 5.75 Å². The van der Waals surface area contributed by atoms with Gasteiger partial charge in [0.15, 0.2) is 0 Å². The van der Waals surface area contributed by atoms with E-state index in [9.17, 15) is 9.59 Å². The van der Waals surface area contributed by atoms with Crippen molar-refractivity contribution in [1.82, 2.24) is 10.2 Å². The lowest BCUT2D eigenvalue weighted by Crippen LogP contribution is -2.44. The van der Waals surface area contributed by atoms with Gasteiger partial charge in [0.2, 0.25) is 11.8 Å². The highest BCUT2D eigenvalue weighted by atomic mass is 16.5. The van der Waals surface area contributed by atoms with Crippen LogP contribution in [-0.4, -0.2) is 36.4 Å². The number of rotatable bonds is 4. The number of amides is 2. The van der Waals surface area contributed by atoms with Crippen molar-refractivity contribution in [3.63, 3.8) is 0 Å². The lowest BCUT2D eigenvalue weighted by molar-refractivity contribution is -0.136. The normalized spacial score (nSPS) is 17.9. The molecule has 0 bridgehead atoms. The van der Waals surface area contributed by atoms with Crippen LogP contribution in [0.2, 0.25) is 0 Å². The van der Waals surface area contributed by atoms with Gasteiger partial charge in [-0.1, -0.05) is 12.1 Å². The first-order valence-electron chi connectivity index (χ1n) is 6.79. The van der Waals surface area contributed by atoms with Crippen LogP contribution in [0.25, 0.3) is 0 Å². The molecule has 1 aromatic carbocycles. The third-order valence-electron chi connectivity index (χ3n) is 3.56. The van der Waals surface area contributed by atoms with Gasteiger partial charge in [-0.25, -0.2) is 0 Å². The Morgan fingerprint density at radius 3 is 2.95 bits per heavy atom. The molecule has 1 aliphatic rings. The lowest BCUT2D eigenvalue weighted by atomic mass is 10.2. The molecule has 0 spiro atoms. The molecule has 1 N–H and O–H groups in total. The summed E-state index contributed by atoms with van der Waals surface area (Å²) in [6.45, 7) is 2.62. The highest BCUT2D eigenvalue weighted by molar-refractivity contribution is 5.87. The average Bonchev–Trinajstić information content (AvgIpc) is 2.94. The Labute approximate surface area is 118 Å². The van der Waals surface area contributed by atoms with E-state index in [0.29, 0.717) is 13.1 Å². The Morgan fingerprint density at radius 2 is 2.25 bits per heavy atom. The van der Waals surface area contributed by atoms with Crippen molar-refractivity contribution in [3.05, 3.63) is 29.8 Å². The van der Waals surface area contributed by atoms with Crippen molar-refractivity contribution in [2.75, 3.05) is 13.7 Å². The molecule has 1 fully saturated rings. The van der Waals surface area contributed by atoms with Crippen LogP contribution in [0.1, 0.15) is 25.3 Å². The maximum atomic E-state index is 12.2. The lowest BCUT2D eigenvalue weighted by Gasteiger charge is -2.22. The molecule has 1 heterocycles. The van der Waals surface area contributed by atoms with Crippen molar-refractivity contribution in [2.24, 2.45) is 0 Å². The number of hydrogen-bond donors (Lipinski definition) is 1. The van der Waals surface area contributed by atoms with Crippen molar-refractivity contribution >= 4 is 11.8 Å². The Morgan fingerprint density at radius 1 is 1.45 bits per heavy atom. The van der Waals surface area contributed by atoms with Crippen molar-refractivity contribution < 1.29 is 14.3 Å². The number of likely N-dealkylation sites (tertiary alicyclic amines) is 1. The topological polar surface area (TPSA) is 58.6 Å². The fourth-order valence-corrected chi connectivity index (χ4v) is 2.51. The van der Waals surface area contributed by atoms with Gasteiger partial charge >= 0.3 is 0 Å². The molecule has 2 rings (SSSR count). The minimum Gasteiger partial charge on any atom is -0.497 e. The van der Waals surface area contributed by atoms with Gasteiger partial charge in [0.25, 0.3) is 0 Å². The van der Waals surface area contributed by atoms with Gasteiger partial charge in [0.1, 0.15) is 11.8 Å². The molecule has 1 atom stereocenters. The first-order valence-corrected chi connectivity index (χ1v) is 6.79. The minimum atomic E-state index is -0.321. The maximum Gasteiger partial charge on any atom is 0.243 e. The number of carbonyl (C=O) groups is 2. The monoisotopic (exact) mass is 276 g/mol. The number of benzene rings is 1. The second-order valence-corrected chi connectivity index (χ2v) is 4.94. The van der Waals surface area contributed by atoms with Gasteiger partial charge in [-0.15, -0.1) is 0 Å². The fraction of sp³-hybridized carbons (Fsp3) is 0.467. The summed E-state index contributed by atoms with van der Waals surface area (Å²) in [5, 5.41) is 2.89. The third-order valence-corrected chi connectivity index (χ3v) is 3.56. The molecule has 0 radical (unpaired) electrons. The number of nitrogens with zero attached hydrogens (tertiary/aromatic N) is 1. The quantitative estimate of drug-likeness (QED) is 0.902. The van der Waals surface area contributed by atoms with Crippen LogP contribution in [0.15, 0.2) is 24.3 Å². The van der Waals surface area contributed by atoms with Crippen LogP contribution in [0, 0.1) is 0 Å². The highest BCUT2D eigenvalue weighted by Gasteiger charge is 2.31. The molecular formula is C15H20N2O3. The fourth-order valence-electron chi connectivity index (χ4n) is 2.51. The summed E-state index contributed by atoms with van der Waals surface area (Å²) in [5.41, 5.74) is 0.977. The Hall–Kier alpha value is -2.04. The second kappa shape index (κ2) is 6.41. The summed E-state index contributed by atoms with van der Waals surface area (Å²) in [4.78, 5) is 25.2. The predicted octanol–water partition coefficient (Wildman–Crippen LogP) is 1.32. The Balaban J connectivity index is 1.93. The molecular weight excluding hydrogens is 256 g/mol. The first-order chi connectivity index (χ1) is 9.61. The summed E-state index contributed by atoms with van der Waals surface area (Å²) >= 11 is 0. The molecule has 1 aliphatic heterocycles. The zero-order chi connectivity index (χ0) is 14.5. The number of ether oxygens (including phenoxy) is 1. The van der Waals surface area contributed by atoms with Crippen LogP contribution in [0.4, 0.5) is 0 Å². The van der Waals surface area contributed by atoms with Gasteiger partial charge in [0.05, 0.1) is 7.11 Å². The van der Waals surface area contributed by atoms with Crippen molar-refractivity contribution in [3.8, 4) is 5.75 Å². The summed E-state index contributed by atoms with van der Waals surface area (Å²) in [7, 11) is 1.61. The SMILES string of the molecule is COc1cccc(CNC(=O)C2CCCN2C(C)=O)c1. The van der Waals surface area contributed by atoms with E-state index in [1.54, 1.807) is 12.0 Å². The van der Waals surface area contributed by atoms with E-state index in [4.69, 9.17) is 4.74 Å². The second-order valence-electron chi connectivity index (χ2n) is 4.94. The van der Waals surface area contributed by atoms with Crippen LogP contribution >= 0.6 is 0 Å². The zero-order valence-electron chi connectivity index (χ0n) is 11.9. The van der Waals surface area contributed by atoms with Crippen LogP contribution in [0.3, 0.4) is 0 Å². The molecule has 2 amide bonds. The Kier molecular flexibility index (Phi) is 4.61. The molecule has 5 heteroatoms.